The lowest BCUT2D eigenvalue weighted by Crippen LogP contribution is -2.37. The van der Waals surface area contributed by atoms with Crippen molar-refractivity contribution in [2.24, 2.45) is 10.9 Å². The van der Waals surface area contributed by atoms with Crippen molar-refractivity contribution in [3.63, 3.8) is 0 Å². The van der Waals surface area contributed by atoms with Crippen LogP contribution < -0.4 is 11.1 Å². The summed E-state index contributed by atoms with van der Waals surface area (Å²) in [5.74, 6) is -0.720. The summed E-state index contributed by atoms with van der Waals surface area (Å²) in [6.45, 7) is 1.87. The lowest BCUT2D eigenvalue weighted by atomic mass is 10.1. The van der Waals surface area contributed by atoms with Crippen molar-refractivity contribution in [1.82, 2.24) is 5.32 Å². The summed E-state index contributed by atoms with van der Waals surface area (Å²) in [6.07, 6.45) is 0.873. The molecule has 0 aliphatic rings. The highest BCUT2D eigenvalue weighted by molar-refractivity contribution is 9.10. The molecular weight excluding hydrogens is 317 g/mol. The minimum Gasteiger partial charge on any atom is -0.409 e. The predicted molar refractivity (Wildman–Crippen MR) is 73.7 cm³/mol. The highest BCUT2D eigenvalue weighted by atomic mass is 79.9. The number of nitrogens with one attached hydrogen (secondary N) is 1. The zero-order valence-corrected chi connectivity index (χ0v) is 11.9. The monoisotopic (exact) mass is 331 g/mol. The summed E-state index contributed by atoms with van der Waals surface area (Å²) in [5.41, 5.74) is 5.74. The highest BCUT2D eigenvalue weighted by Gasteiger charge is 2.16. The Kier molecular flexibility index (Phi) is 5.75. The Labute approximate surface area is 118 Å². The molecule has 0 aliphatic carbocycles. The van der Waals surface area contributed by atoms with Crippen LogP contribution in [0.5, 0.6) is 0 Å². The number of amides is 1. The van der Waals surface area contributed by atoms with Crippen LogP contribution in [-0.4, -0.2) is 23.0 Å². The molecule has 0 aliphatic heterocycles. The number of oxime groups is 1. The number of carbonyl (C=O) groups excluding carboxylic acids is 1. The number of benzene rings is 1. The van der Waals surface area contributed by atoms with Crippen molar-refractivity contribution in [2.45, 2.75) is 25.8 Å². The molecule has 7 heteroatoms. The van der Waals surface area contributed by atoms with Gasteiger partial charge in [0.1, 0.15) is 11.7 Å². The third-order valence-electron chi connectivity index (χ3n) is 2.59. The van der Waals surface area contributed by atoms with E-state index in [1.165, 1.54) is 18.2 Å². The van der Waals surface area contributed by atoms with Gasteiger partial charge >= 0.3 is 0 Å². The average Bonchev–Trinajstić information content (AvgIpc) is 2.37. The normalized spacial score (nSPS) is 13.1. The van der Waals surface area contributed by atoms with Gasteiger partial charge < -0.3 is 16.3 Å². The van der Waals surface area contributed by atoms with E-state index in [1.807, 2.05) is 6.92 Å². The molecule has 0 saturated carbocycles. The SMILES string of the molecule is CCC(CC(N)=NO)NC(=O)c1ccc(F)cc1Br. The maximum Gasteiger partial charge on any atom is 0.252 e. The molecule has 0 spiro atoms. The predicted octanol–water partition coefficient (Wildman–Crippen LogP) is 2.23. The maximum atomic E-state index is 12.9. The van der Waals surface area contributed by atoms with E-state index < -0.39 is 5.82 Å². The molecule has 19 heavy (non-hydrogen) atoms. The summed E-state index contributed by atoms with van der Waals surface area (Å²) in [6, 6.07) is 3.58. The number of hydrogen-bond acceptors (Lipinski definition) is 3. The van der Waals surface area contributed by atoms with Gasteiger partial charge in [-0.1, -0.05) is 12.1 Å². The van der Waals surface area contributed by atoms with E-state index in [-0.39, 0.29) is 24.2 Å². The second kappa shape index (κ2) is 7.08. The van der Waals surface area contributed by atoms with E-state index in [1.54, 1.807) is 0 Å². The van der Waals surface area contributed by atoms with Crippen molar-refractivity contribution in [2.75, 3.05) is 0 Å². The van der Waals surface area contributed by atoms with Gasteiger partial charge in [0.25, 0.3) is 5.91 Å². The van der Waals surface area contributed by atoms with Gasteiger partial charge in [0, 0.05) is 16.9 Å². The molecule has 4 N–H and O–H groups in total. The first-order chi connectivity index (χ1) is 8.97. The molecule has 0 aromatic heterocycles. The van der Waals surface area contributed by atoms with Crippen LogP contribution in [0, 0.1) is 5.82 Å². The number of rotatable bonds is 5. The number of nitrogens with zero attached hydrogens (tertiary/aromatic N) is 1. The van der Waals surface area contributed by atoms with Gasteiger partial charge in [-0.3, -0.25) is 4.79 Å². The third-order valence-corrected chi connectivity index (χ3v) is 3.24. The zero-order valence-electron chi connectivity index (χ0n) is 10.4. The molecule has 5 nitrogen and oxygen atoms in total. The lowest BCUT2D eigenvalue weighted by Gasteiger charge is -2.16. The molecule has 1 amide bonds. The quantitative estimate of drug-likeness (QED) is 0.334. The number of carbonyl (C=O) groups is 1. The van der Waals surface area contributed by atoms with Crippen molar-refractivity contribution < 1.29 is 14.4 Å². The lowest BCUT2D eigenvalue weighted by molar-refractivity contribution is 0.0936. The van der Waals surface area contributed by atoms with E-state index >= 15 is 0 Å². The van der Waals surface area contributed by atoms with Crippen LogP contribution in [0.15, 0.2) is 27.8 Å². The molecule has 0 fully saturated rings. The first kappa shape index (κ1) is 15.4. The zero-order chi connectivity index (χ0) is 14.4. The summed E-state index contributed by atoms with van der Waals surface area (Å²) < 4.78 is 13.3. The Morgan fingerprint density at radius 3 is 2.84 bits per heavy atom. The Balaban J connectivity index is 2.77. The average molecular weight is 332 g/mol. The van der Waals surface area contributed by atoms with Crippen LogP contribution in [0.4, 0.5) is 4.39 Å². The molecule has 104 valence electrons. The maximum absolute atomic E-state index is 12.9. The van der Waals surface area contributed by atoms with Crippen LogP contribution in [0.3, 0.4) is 0 Å². The molecular formula is C12H15BrFN3O2. The summed E-state index contributed by atoms with van der Waals surface area (Å²) >= 11 is 3.13. The number of halogens is 2. The van der Waals surface area contributed by atoms with Gasteiger partial charge in [-0.05, 0) is 40.5 Å². The van der Waals surface area contributed by atoms with Gasteiger partial charge in [-0.15, -0.1) is 0 Å². The van der Waals surface area contributed by atoms with Gasteiger partial charge in [0.15, 0.2) is 0 Å². The fourth-order valence-corrected chi connectivity index (χ4v) is 2.06. The van der Waals surface area contributed by atoms with E-state index in [0.29, 0.717) is 16.5 Å². The fraction of sp³-hybridized carbons (Fsp3) is 0.333. The second-order valence-corrected chi connectivity index (χ2v) is 4.85. The van der Waals surface area contributed by atoms with Gasteiger partial charge in [0.05, 0.1) is 5.56 Å². The summed E-state index contributed by atoms with van der Waals surface area (Å²) in [4.78, 5) is 12.0. The van der Waals surface area contributed by atoms with Crippen molar-refractivity contribution in [3.8, 4) is 0 Å². The smallest absolute Gasteiger partial charge is 0.252 e. The molecule has 1 aromatic carbocycles. The Morgan fingerprint density at radius 2 is 2.32 bits per heavy atom. The van der Waals surface area contributed by atoms with Crippen LogP contribution in [0.2, 0.25) is 0 Å². The standard InChI is InChI=1S/C12H15BrFN3O2/c1-2-8(6-11(15)17-19)16-12(18)9-4-3-7(14)5-10(9)13/h3-5,8,19H,2,6H2,1H3,(H2,15,17)(H,16,18). The molecule has 0 radical (unpaired) electrons. The minimum absolute atomic E-state index is 0.0466. The van der Waals surface area contributed by atoms with Crippen molar-refractivity contribution >= 4 is 27.7 Å². The molecule has 0 bridgehead atoms. The Morgan fingerprint density at radius 1 is 1.63 bits per heavy atom. The topological polar surface area (TPSA) is 87.7 Å². The van der Waals surface area contributed by atoms with Crippen LogP contribution in [0.1, 0.15) is 30.1 Å². The van der Waals surface area contributed by atoms with Gasteiger partial charge in [0.2, 0.25) is 0 Å². The molecule has 0 heterocycles. The largest absolute Gasteiger partial charge is 0.409 e. The third kappa shape index (κ3) is 4.51. The molecule has 1 atom stereocenters. The van der Waals surface area contributed by atoms with E-state index in [0.717, 1.165) is 0 Å². The van der Waals surface area contributed by atoms with Crippen LogP contribution in [0.25, 0.3) is 0 Å². The van der Waals surface area contributed by atoms with Crippen LogP contribution in [-0.2, 0) is 0 Å². The van der Waals surface area contributed by atoms with Crippen molar-refractivity contribution in [1.29, 1.82) is 0 Å². The van der Waals surface area contributed by atoms with Gasteiger partial charge in [-0.25, -0.2) is 4.39 Å². The number of nitrogens with two attached hydrogens (primary N) is 1. The summed E-state index contributed by atoms with van der Waals surface area (Å²) in [7, 11) is 0. The second-order valence-electron chi connectivity index (χ2n) is 4.00. The van der Waals surface area contributed by atoms with E-state index in [2.05, 4.69) is 26.4 Å². The Bertz CT molecular complexity index is 494. The van der Waals surface area contributed by atoms with Crippen LogP contribution >= 0.6 is 15.9 Å². The van der Waals surface area contributed by atoms with Crippen molar-refractivity contribution in [3.05, 3.63) is 34.1 Å². The number of amidine groups is 1. The summed E-state index contributed by atoms with van der Waals surface area (Å²) in [5, 5.41) is 14.1. The number of hydrogen-bond donors (Lipinski definition) is 3. The highest BCUT2D eigenvalue weighted by Crippen LogP contribution is 2.18. The molecule has 0 saturated heterocycles. The molecule has 1 rings (SSSR count). The first-order valence-electron chi connectivity index (χ1n) is 5.70. The van der Waals surface area contributed by atoms with E-state index in [9.17, 15) is 9.18 Å². The fourth-order valence-electron chi connectivity index (χ4n) is 1.53. The Hall–Kier alpha value is -1.63. The minimum atomic E-state index is -0.424. The first-order valence-corrected chi connectivity index (χ1v) is 6.49. The molecule has 1 unspecified atom stereocenters. The van der Waals surface area contributed by atoms with E-state index in [4.69, 9.17) is 10.9 Å². The van der Waals surface area contributed by atoms with Gasteiger partial charge in [-0.2, -0.15) is 0 Å². The molecule has 1 aromatic rings.